The van der Waals surface area contributed by atoms with Crippen LogP contribution in [-0.4, -0.2) is 20.9 Å². The minimum absolute atomic E-state index is 0.233. The molecule has 0 unspecified atom stereocenters. The summed E-state index contributed by atoms with van der Waals surface area (Å²) >= 11 is 0. The highest BCUT2D eigenvalue weighted by molar-refractivity contribution is 5.94. The normalized spacial score (nSPS) is 11.8. The smallest absolute Gasteiger partial charge is 0.348 e. The molecular formula is C28H27F3N4O. The number of benzene rings is 1. The summed E-state index contributed by atoms with van der Waals surface area (Å²) in [6.07, 6.45) is -1.69. The predicted molar refractivity (Wildman–Crippen MR) is 133 cm³/mol. The van der Waals surface area contributed by atoms with Gasteiger partial charge in [-0.15, -0.1) is 0 Å². The number of hydrogen-bond acceptors (Lipinski definition) is 4. The Bertz CT molecular complexity index is 1410. The molecule has 1 N–H and O–H groups in total. The van der Waals surface area contributed by atoms with Gasteiger partial charge in [-0.05, 0) is 72.9 Å². The summed E-state index contributed by atoms with van der Waals surface area (Å²) in [6, 6.07) is 11.6. The number of rotatable bonds is 6. The fourth-order valence-electron chi connectivity index (χ4n) is 4.09. The van der Waals surface area contributed by atoms with Gasteiger partial charge >= 0.3 is 6.18 Å². The van der Waals surface area contributed by atoms with Gasteiger partial charge in [0.05, 0.1) is 11.1 Å². The molecule has 0 atom stereocenters. The molecule has 1 aromatic carbocycles. The van der Waals surface area contributed by atoms with Gasteiger partial charge in [-0.1, -0.05) is 19.9 Å². The number of aryl methyl sites for hydroxylation is 2. The standard InChI is InChI=1S/C28H27F3N4O/c1-16(2)26-9-17(3)24(18(4)35-26)15-34-27(36)20-7-8-32-23(13-20)11-19-5-6-25-21(10-19)12-22(14-33-25)28(29,30)31/h5-10,12-14,16H,11,15H2,1-4H3,(H,34,36). The van der Waals surface area contributed by atoms with Crippen LogP contribution in [0.1, 0.15) is 69.5 Å². The summed E-state index contributed by atoms with van der Waals surface area (Å²) in [5, 5.41) is 3.36. The highest BCUT2D eigenvalue weighted by atomic mass is 19.4. The van der Waals surface area contributed by atoms with Crippen molar-refractivity contribution < 1.29 is 18.0 Å². The van der Waals surface area contributed by atoms with Crippen LogP contribution < -0.4 is 5.32 Å². The Labute approximate surface area is 207 Å². The van der Waals surface area contributed by atoms with Gasteiger partial charge in [-0.25, -0.2) is 0 Å². The highest BCUT2D eigenvalue weighted by Gasteiger charge is 2.31. The lowest BCUT2D eigenvalue weighted by molar-refractivity contribution is -0.137. The molecule has 0 saturated carbocycles. The first-order valence-corrected chi connectivity index (χ1v) is 11.7. The lowest BCUT2D eigenvalue weighted by Gasteiger charge is -2.14. The largest absolute Gasteiger partial charge is 0.417 e. The van der Waals surface area contributed by atoms with Gasteiger partial charge in [0, 0.05) is 53.4 Å². The zero-order valence-electron chi connectivity index (χ0n) is 20.6. The molecule has 0 fully saturated rings. The van der Waals surface area contributed by atoms with Gasteiger partial charge in [0.2, 0.25) is 0 Å². The van der Waals surface area contributed by atoms with Crippen LogP contribution in [0.2, 0.25) is 0 Å². The number of alkyl halides is 3. The zero-order valence-corrected chi connectivity index (χ0v) is 20.6. The molecule has 5 nitrogen and oxygen atoms in total. The number of carbonyl (C=O) groups excluding carboxylic acids is 1. The number of nitrogens with one attached hydrogen (secondary N) is 1. The summed E-state index contributed by atoms with van der Waals surface area (Å²) < 4.78 is 39.2. The second kappa shape index (κ2) is 10.0. The lowest BCUT2D eigenvalue weighted by atomic mass is 10.0. The van der Waals surface area contributed by atoms with E-state index < -0.39 is 11.7 Å². The summed E-state index contributed by atoms with van der Waals surface area (Å²) in [5.41, 5.74) is 5.56. The van der Waals surface area contributed by atoms with Crippen molar-refractivity contribution in [3.63, 3.8) is 0 Å². The minimum Gasteiger partial charge on any atom is -0.348 e. The molecule has 1 amide bonds. The maximum atomic E-state index is 13.1. The van der Waals surface area contributed by atoms with Crippen LogP contribution in [0.3, 0.4) is 0 Å². The average molecular weight is 493 g/mol. The Morgan fingerprint density at radius 1 is 1.03 bits per heavy atom. The second-order valence-corrected chi connectivity index (χ2v) is 9.23. The third-order valence-corrected chi connectivity index (χ3v) is 6.13. The Kier molecular flexibility index (Phi) is 7.06. The van der Waals surface area contributed by atoms with Crippen LogP contribution >= 0.6 is 0 Å². The van der Waals surface area contributed by atoms with Crippen molar-refractivity contribution in [1.29, 1.82) is 0 Å². The third kappa shape index (κ3) is 5.70. The molecule has 36 heavy (non-hydrogen) atoms. The van der Waals surface area contributed by atoms with Crippen molar-refractivity contribution >= 4 is 16.8 Å². The van der Waals surface area contributed by atoms with Crippen molar-refractivity contribution in [2.24, 2.45) is 0 Å². The summed E-state index contributed by atoms with van der Waals surface area (Å²) in [6.45, 7) is 8.51. The van der Waals surface area contributed by atoms with E-state index in [0.29, 0.717) is 41.0 Å². The van der Waals surface area contributed by atoms with E-state index in [1.807, 2.05) is 13.8 Å². The van der Waals surface area contributed by atoms with Crippen LogP contribution in [0, 0.1) is 13.8 Å². The Hall–Kier alpha value is -3.81. The minimum atomic E-state index is -4.45. The summed E-state index contributed by atoms with van der Waals surface area (Å²) in [7, 11) is 0. The zero-order chi connectivity index (χ0) is 26.0. The van der Waals surface area contributed by atoms with E-state index in [1.54, 1.807) is 36.5 Å². The number of aromatic nitrogens is 3. The van der Waals surface area contributed by atoms with Crippen LogP contribution in [0.25, 0.3) is 10.9 Å². The summed E-state index contributed by atoms with van der Waals surface area (Å²) in [5.74, 6) is 0.0924. The highest BCUT2D eigenvalue weighted by Crippen LogP contribution is 2.30. The topological polar surface area (TPSA) is 67.8 Å². The fourth-order valence-corrected chi connectivity index (χ4v) is 4.09. The summed E-state index contributed by atoms with van der Waals surface area (Å²) in [4.78, 5) is 25.8. The van der Waals surface area contributed by atoms with E-state index >= 15 is 0 Å². The first-order valence-electron chi connectivity index (χ1n) is 11.7. The van der Waals surface area contributed by atoms with Gasteiger partial charge in [0.25, 0.3) is 5.91 Å². The lowest BCUT2D eigenvalue weighted by Crippen LogP contribution is -2.24. The van der Waals surface area contributed by atoms with E-state index in [2.05, 4.69) is 40.2 Å². The molecule has 0 radical (unpaired) electrons. The van der Waals surface area contributed by atoms with Gasteiger partial charge in [-0.3, -0.25) is 19.7 Å². The van der Waals surface area contributed by atoms with Crippen molar-refractivity contribution in [2.75, 3.05) is 0 Å². The molecule has 3 aromatic heterocycles. The van der Waals surface area contributed by atoms with E-state index in [0.717, 1.165) is 40.3 Å². The molecule has 0 aliphatic rings. The predicted octanol–water partition coefficient (Wildman–Crippen LogP) is 6.30. The van der Waals surface area contributed by atoms with Crippen molar-refractivity contribution in [2.45, 2.75) is 52.8 Å². The monoisotopic (exact) mass is 492 g/mol. The maximum Gasteiger partial charge on any atom is 0.417 e. The average Bonchev–Trinajstić information content (AvgIpc) is 2.82. The van der Waals surface area contributed by atoms with Crippen molar-refractivity contribution in [3.8, 4) is 0 Å². The SMILES string of the molecule is Cc1cc(C(C)C)nc(C)c1CNC(=O)c1ccnc(Cc2ccc3ncc(C(F)(F)F)cc3c2)c1. The first-order chi connectivity index (χ1) is 17.0. The fraction of sp³-hybridized carbons (Fsp3) is 0.286. The molecule has 4 rings (SSSR count). The number of fused-ring (bicyclic) bond motifs is 1. The van der Waals surface area contributed by atoms with Gasteiger partial charge < -0.3 is 5.32 Å². The van der Waals surface area contributed by atoms with Gasteiger partial charge in [0.15, 0.2) is 0 Å². The van der Waals surface area contributed by atoms with E-state index in [1.165, 1.54) is 0 Å². The number of halogens is 3. The van der Waals surface area contributed by atoms with E-state index in [-0.39, 0.29) is 5.91 Å². The molecule has 186 valence electrons. The number of amides is 1. The van der Waals surface area contributed by atoms with E-state index in [4.69, 9.17) is 0 Å². The molecule has 0 spiro atoms. The van der Waals surface area contributed by atoms with Gasteiger partial charge in [0.1, 0.15) is 0 Å². The Morgan fingerprint density at radius 3 is 2.50 bits per heavy atom. The molecule has 4 aromatic rings. The van der Waals surface area contributed by atoms with Crippen LogP contribution in [-0.2, 0) is 19.1 Å². The quantitative estimate of drug-likeness (QED) is 0.343. The van der Waals surface area contributed by atoms with Crippen LogP contribution in [0.4, 0.5) is 13.2 Å². The molecule has 0 aliphatic heterocycles. The molecular weight excluding hydrogens is 465 g/mol. The second-order valence-electron chi connectivity index (χ2n) is 9.23. The molecule has 8 heteroatoms. The van der Waals surface area contributed by atoms with Crippen molar-refractivity contribution in [1.82, 2.24) is 20.3 Å². The van der Waals surface area contributed by atoms with Crippen LogP contribution in [0.5, 0.6) is 0 Å². The number of carbonyl (C=O) groups is 1. The van der Waals surface area contributed by atoms with E-state index in [9.17, 15) is 18.0 Å². The van der Waals surface area contributed by atoms with Crippen LogP contribution in [0.15, 0.2) is 54.9 Å². The van der Waals surface area contributed by atoms with Crippen molar-refractivity contribution in [3.05, 3.63) is 99.8 Å². The number of nitrogens with zero attached hydrogens (tertiary/aromatic N) is 3. The molecule has 3 heterocycles. The van der Waals surface area contributed by atoms with Gasteiger partial charge in [-0.2, -0.15) is 13.2 Å². The number of hydrogen-bond donors (Lipinski definition) is 1. The molecule has 0 saturated heterocycles. The Morgan fingerprint density at radius 2 is 1.81 bits per heavy atom. The maximum absolute atomic E-state index is 13.1. The first kappa shape index (κ1) is 25.3. The Balaban J connectivity index is 1.49. The third-order valence-electron chi connectivity index (χ3n) is 6.13. The molecule has 0 aliphatic carbocycles. The molecule has 0 bridgehead atoms. The number of pyridine rings is 3.